The fourth-order valence-electron chi connectivity index (χ4n) is 1.97. The lowest BCUT2D eigenvalue weighted by molar-refractivity contribution is 0.107. The van der Waals surface area contributed by atoms with Crippen molar-refractivity contribution in [2.24, 2.45) is 5.92 Å². The van der Waals surface area contributed by atoms with Gasteiger partial charge >= 0.3 is 0 Å². The molecule has 0 aliphatic heterocycles. The van der Waals surface area contributed by atoms with E-state index in [1.165, 1.54) is 18.2 Å². The van der Waals surface area contributed by atoms with Gasteiger partial charge in [-0.2, -0.15) is 0 Å². The molecule has 0 aliphatic carbocycles. The number of aliphatic hydroxyl groups excluding tert-OH is 1. The van der Waals surface area contributed by atoms with Crippen molar-refractivity contribution in [2.45, 2.75) is 37.7 Å². The molecular formula is C13H21ClN2O3S. The zero-order chi connectivity index (χ0) is 15.3. The van der Waals surface area contributed by atoms with Gasteiger partial charge in [0, 0.05) is 6.54 Å². The first-order chi connectivity index (χ1) is 9.31. The van der Waals surface area contributed by atoms with Crippen LogP contribution in [-0.2, 0) is 10.0 Å². The molecule has 20 heavy (non-hydrogen) atoms. The van der Waals surface area contributed by atoms with Crippen LogP contribution in [-0.4, -0.2) is 26.2 Å². The maximum atomic E-state index is 12.1. The summed E-state index contributed by atoms with van der Waals surface area (Å²) in [4.78, 5) is 0.0381. The van der Waals surface area contributed by atoms with Crippen molar-refractivity contribution >= 4 is 27.3 Å². The summed E-state index contributed by atoms with van der Waals surface area (Å²) < 4.78 is 26.6. The summed E-state index contributed by atoms with van der Waals surface area (Å²) in [6, 6.07) is 4.11. The van der Waals surface area contributed by atoms with Gasteiger partial charge in [0.2, 0.25) is 10.0 Å². The van der Waals surface area contributed by atoms with E-state index < -0.39 is 16.1 Å². The number of nitrogens with two attached hydrogens (primary N) is 1. The number of sulfonamides is 1. The third kappa shape index (κ3) is 4.34. The SMILES string of the molecule is CCC(CC)C(O)CNS(=O)(=O)c1ccc(Cl)c(N)c1. The first kappa shape index (κ1) is 17.2. The van der Waals surface area contributed by atoms with Gasteiger partial charge in [0.15, 0.2) is 0 Å². The van der Waals surface area contributed by atoms with E-state index in [0.717, 1.165) is 12.8 Å². The summed E-state index contributed by atoms with van der Waals surface area (Å²) >= 11 is 5.76. The van der Waals surface area contributed by atoms with E-state index in [9.17, 15) is 13.5 Å². The Balaban J connectivity index is 2.77. The molecular weight excluding hydrogens is 300 g/mol. The molecule has 1 unspecified atom stereocenters. The average Bonchev–Trinajstić information content (AvgIpc) is 2.41. The number of nitrogens with one attached hydrogen (secondary N) is 1. The lowest BCUT2D eigenvalue weighted by Crippen LogP contribution is -2.36. The first-order valence-electron chi connectivity index (χ1n) is 6.54. The van der Waals surface area contributed by atoms with Gasteiger partial charge in [-0.15, -0.1) is 0 Å². The molecule has 1 aromatic carbocycles. The molecule has 0 saturated carbocycles. The van der Waals surface area contributed by atoms with Gasteiger partial charge in [-0.3, -0.25) is 0 Å². The molecule has 1 rings (SSSR count). The monoisotopic (exact) mass is 320 g/mol. The normalized spacial score (nSPS) is 13.7. The summed E-state index contributed by atoms with van der Waals surface area (Å²) in [5.74, 6) is 0.0768. The fraction of sp³-hybridized carbons (Fsp3) is 0.538. The molecule has 0 aromatic heterocycles. The molecule has 0 heterocycles. The molecule has 1 atom stereocenters. The van der Waals surface area contributed by atoms with Crippen molar-refractivity contribution in [3.8, 4) is 0 Å². The highest BCUT2D eigenvalue weighted by atomic mass is 35.5. The molecule has 0 radical (unpaired) electrons. The van der Waals surface area contributed by atoms with Crippen LogP contribution >= 0.6 is 11.6 Å². The van der Waals surface area contributed by atoms with Crippen LogP contribution in [0.4, 0.5) is 5.69 Å². The Morgan fingerprint density at radius 3 is 2.45 bits per heavy atom. The van der Waals surface area contributed by atoms with Gasteiger partial charge < -0.3 is 10.8 Å². The summed E-state index contributed by atoms with van der Waals surface area (Å²) in [6.45, 7) is 3.91. The van der Waals surface area contributed by atoms with E-state index in [-0.39, 0.29) is 23.0 Å². The summed E-state index contributed by atoms with van der Waals surface area (Å²) in [5.41, 5.74) is 5.79. The highest BCUT2D eigenvalue weighted by molar-refractivity contribution is 7.89. The summed E-state index contributed by atoms with van der Waals surface area (Å²) in [6.07, 6.45) is 0.894. The van der Waals surface area contributed by atoms with Gasteiger partial charge in [-0.25, -0.2) is 13.1 Å². The molecule has 0 amide bonds. The highest BCUT2D eigenvalue weighted by Gasteiger charge is 2.20. The number of nitrogen functional groups attached to an aromatic ring is 1. The van der Waals surface area contributed by atoms with Crippen LogP contribution in [0.5, 0.6) is 0 Å². The standard InChI is InChI=1S/C13H21ClN2O3S/c1-3-9(4-2)13(17)8-16-20(18,19)10-5-6-11(14)12(15)7-10/h5-7,9,13,16-17H,3-4,8,15H2,1-2H3. The number of halogens is 1. The van der Waals surface area contributed by atoms with Crippen molar-refractivity contribution in [1.82, 2.24) is 4.72 Å². The molecule has 1 aromatic rings. The van der Waals surface area contributed by atoms with Crippen molar-refractivity contribution in [2.75, 3.05) is 12.3 Å². The second kappa shape index (κ2) is 7.26. The largest absolute Gasteiger partial charge is 0.397 e. The van der Waals surface area contributed by atoms with Gasteiger partial charge in [-0.05, 0) is 24.1 Å². The Bertz CT molecular complexity index is 545. The second-order valence-corrected chi connectivity index (χ2v) is 6.85. The maximum absolute atomic E-state index is 12.1. The maximum Gasteiger partial charge on any atom is 0.240 e. The van der Waals surface area contributed by atoms with E-state index in [0.29, 0.717) is 5.02 Å². The molecule has 0 fully saturated rings. The fourth-order valence-corrected chi connectivity index (χ4v) is 3.17. The molecule has 0 saturated heterocycles. The van der Waals surface area contributed by atoms with E-state index >= 15 is 0 Å². The van der Waals surface area contributed by atoms with Crippen LogP contribution in [0.3, 0.4) is 0 Å². The van der Waals surface area contributed by atoms with Gasteiger partial charge in [-0.1, -0.05) is 38.3 Å². The highest BCUT2D eigenvalue weighted by Crippen LogP contribution is 2.22. The number of anilines is 1. The van der Waals surface area contributed by atoms with E-state index in [1.807, 2.05) is 13.8 Å². The quantitative estimate of drug-likeness (QED) is 0.670. The van der Waals surface area contributed by atoms with Crippen molar-refractivity contribution in [1.29, 1.82) is 0 Å². The topological polar surface area (TPSA) is 92.4 Å². The van der Waals surface area contributed by atoms with Crippen LogP contribution in [0.25, 0.3) is 0 Å². The summed E-state index contributed by atoms with van der Waals surface area (Å²) in [5, 5.41) is 10.3. The Labute approximate surface area is 125 Å². The Hall–Kier alpha value is -0.820. The number of aliphatic hydroxyl groups is 1. The van der Waals surface area contributed by atoms with Gasteiger partial charge in [0.25, 0.3) is 0 Å². The Morgan fingerprint density at radius 2 is 1.95 bits per heavy atom. The summed E-state index contributed by atoms with van der Waals surface area (Å²) in [7, 11) is -3.69. The van der Waals surface area contributed by atoms with Crippen LogP contribution in [0.15, 0.2) is 23.1 Å². The van der Waals surface area contributed by atoms with Crippen molar-refractivity contribution < 1.29 is 13.5 Å². The minimum atomic E-state index is -3.69. The third-order valence-electron chi connectivity index (χ3n) is 3.35. The molecule has 7 heteroatoms. The number of benzene rings is 1. The van der Waals surface area contributed by atoms with E-state index in [4.69, 9.17) is 17.3 Å². The smallest absolute Gasteiger partial charge is 0.240 e. The second-order valence-electron chi connectivity index (χ2n) is 4.68. The van der Waals surface area contributed by atoms with Crippen LogP contribution < -0.4 is 10.5 Å². The Kier molecular flexibility index (Phi) is 6.26. The predicted molar refractivity (Wildman–Crippen MR) is 81.1 cm³/mol. The minimum absolute atomic E-state index is 0.0167. The molecule has 0 aliphatic rings. The number of hydrogen-bond donors (Lipinski definition) is 3. The zero-order valence-corrected chi connectivity index (χ0v) is 13.2. The zero-order valence-electron chi connectivity index (χ0n) is 11.6. The lowest BCUT2D eigenvalue weighted by atomic mass is 9.97. The molecule has 0 bridgehead atoms. The van der Waals surface area contributed by atoms with Crippen molar-refractivity contribution in [3.63, 3.8) is 0 Å². The number of rotatable bonds is 7. The van der Waals surface area contributed by atoms with E-state index in [1.54, 1.807) is 0 Å². The molecule has 4 N–H and O–H groups in total. The van der Waals surface area contributed by atoms with Gasteiger partial charge in [0.1, 0.15) is 0 Å². The lowest BCUT2D eigenvalue weighted by Gasteiger charge is -2.20. The molecule has 5 nitrogen and oxygen atoms in total. The van der Waals surface area contributed by atoms with Crippen LogP contribution in [0, 0.1) is 5.92 Å². The molecule has 0 spiro atoms. The molecule has 114 valence electrons. The van der Waals surface area contributed by atoms with E-state index in [2.05, 4.69) is 4.72 Å². The third-order valence-corrected chi connectivity index (χ3v) is 5.12. The Morgan fingerprint density at radius 1 is 1.35 bits per heavy atom. The number of hydrogen-bond acceptors (Lipinski definition) is 4. The minimum Gasteiger partial charge on any atom is -0.397 e. The van der Waals surface area contributed by atoms with Gasteiger partial charge in [0.05, 0.1) is 21.7 Å². The predicted octanol–water partition coefficient (Wildman–Crippen LogP) is 2.00. The van der Waals surface area contributed by atoms with Crippen LogP contribution in [0.1, 0.15) is 26.7 Å². The van der Waals surface area contributed by atoms with Crippen LogP contribution in [0.2, 0.25) is 5.02 Å². The first-order valence-corrected chi connectivity index (χ1v) is 8.40. The van der Waals surface area contributed by atoms with Crippen molar-refractivity contribution in [3.05, 3.63) is 23.2 Å². The average molecular weight is 321 g/mol.